The van der Waals surface area contributed by atoms with Gasteiger partial charge in [0.2, 0.25) is 1.43 Å². The molecule has 0 aliphatic carbocycles. The van der Waals surface area contributed by atoms with Gasteiger partial charge in [0, 0.05) is 0 Å². The molecule has 44 valence electrons. The van der Waals surface area contributed by atoms with Crippen molar-refractivity contribution in [1.29, 1.82) is 0 Å². The topological polar surface area (TPSA) is 50.0 Å². The van der Waals surface area contributed by atoms with Crippen LogP contribution in [0.15, 0.2) is 0 Å². The molecule has 1 aliphatic heterocycles. The zero-order valence-electron chi connectivity index (χ0n) is 5.96. The van der Waals surface area contributed by atoms with Crippen LogP contribution in [0.5, 0.6) is 0 Å². The summed E-state index contributed by atoms with van der Waals surface area (Å²) in [5, 5.41) is 0. The van der Waals surface area contributed by atoms with Crippen LogP contribution in [-0.2, 0) is 9.47 Å². The smallest absolute Gasteiger partial charge is 0.206 e. The lowest BCUT2D eigenvalue weighted by molar-refractivity contribution is -0.0334. The van der Waals surface area contributed by atoms with Crippen molar-refractivity contribution in [1.82, 2.24) is 0 Å². The van der Waals surface area contributed by atoms with E-state index in [0.717, 1.165) is 0 Å². The van der Waals surface area contributed by atoms with Crippen LogP contribution in [0, 0.1) is 0 Å². The first-order valence-electron chi connectivity index (χ1n) is 3.03. The van der Waals surface area contributed by atoms with Gasteiger partial charge in [-0.05, 0) is 0 Å². The number of ether oxygens (including phenoxy) is 2. The van der Waals surface area contributed by atoms with E-state index < -0.39 is 6.58 Å². The molecule has 0 saturated carbocycles. The van der Waals surface area contributed by atoms with Crippen LogP contribution < -0.4 is 0 Å². The maximum Gasteiger partial charge on any atom is 0.206 e. The normalized spacial score (nSPS) is 34.1. The molecule has 2 N–H and O–H groups in total. The fraction of sp³-hybridized carbons (Fsp3) is 1.00. The maximum absolute atomic E-state index is 6.92. The van der Waals surface area contributed by atoms with E-state index in [2.05, 4.69) is 0 Å². The minimum atomic E-state index is -0.436. The van der Waals surface area contributed by atoms with Crippen LogP contribution in [0.2, 0.25) is 0 Å². The Morgan fingerprint density at radius 3 is 2.29 bits per heavy atom. The molecule has 1 rings (SSSR count). The predicted molar refractivity (Wildman–Crippen MR) is 25.3 cm³/mol. The molecule has 1 unspecified atom stereocenters. The van der Waals surface area contributed by atoms with Crippen molar-refractivity contribution in [3.63, 3.8) is 0 Å². The molecule has 0 amide bonds. The van der Waals surface area contributed by atoms with Gasteiger partial charge in [-0.3, -0.25) is 0 Å². The second-order valence-corrected chi connectivity index (χ2v) is 1.11. The van der Waals surface area contributed by atoms with E-state index >= 15 is 0 Å². The SMILES string of the molecule is [2H]C1COCCO1.[2H]O. The van der Waals surface area contributed by atoms with Gasteiger partial charge in [0.25, 0.3) is 0 Å². The third kappa shape index (κ3) is 2.56. The molecule has 0 aromatic carbocycles. The summed E-state index contributed by atoms with van der Waals surface area (Å²) in [5.74, 6) is 0. The molecule has 1 heterocycles. The highest BCUT2D eigenvalue weighted by Crippen LogP contribution is 1.85. The second kappa shape index (κ2) is 4.05. The van der Waals surface area contributed by atoms with Gasteiger partial charge in [0.1, 0.15) is 0 Å². The monoisotopic (exact) mass is 108 g/mol. The zero-order chi connectivity index (χ0) is 7.11. The molecule has 1 aliphatic rings. The first-order chi connectivity index (χ1) is 4.39. The summed E-state index contributed by atoms with van der Waals surface area (Å²) in [6, 6.07) is 0. The van der Waals surface area contributed by atoms with Gasteiger partial charge in [-0.2, -0.15) is 0 Å². The predicted octanol–water partition coefficient (Wildman–Crippen LogP) is -0.791. The fourth-order valence-corrected chi connectivity index (χ4v) is 0.370. The Labute approximate surface area is 45.4 Å². The lowest BCUT2D eigenvalue weighted by Gasteiger charge is -2.09. The average Bonchev–Trinajstić information content (AvgIpc) is 1.94. The van der Waals surface area contributed by atoms with E-state index in [1.165, 1.54) is 0 Å². The molecular weight excluding hydrogens is 96.0 g/mol. The van der Waals surface area contributed by atoms with Crippen LogP contribution in [0.25, 0.3) is 0 Å². The van der Waals surface area contributed by atoms with E-state index in [0.29, 0.717) is 19.8 Å². The third-order valence-corrected chi connectivity index (χ3v) is 0.649. The largest absolute Gasteiger partial charge is 0.412 e. The second-order valence-electron chi connectivity index (χ2n) is 1.11. The van der Waals surface area contributed by atoms with Gasteiger partial charge in [-0.15, -0.1) is 0 Å². The lowest BCUT2D eigenvalue weighted by Crippen LogP contribution is -2.16. The summed E-state index contributed by atoms with van der Waals surface area (Å²) < 4.78 is 21.4. The summed E-state index contributed by atoms with van der Waals surface area (Å²) in [6.07, 6.45) is 0. The summed E-state index contributed by atoms with van der Waals surface area (Å²) >= 11 is 0. The Balaban J connectivity index is 0.000000291. The molecule has 7 heavy (non-hydrogen) atoms. The van der Waals surface area contributed by atoms with E-state index in [1.54, 1.807) is 0 Å². The van der Waals surface area contributed by atoms with Crippen LogP contribution in [0.4, 0.5) is 0 Å². The summed E-state index contributed by atoms with van der Waals surface area (Å²) in [4.78, 5) is 0. The molecule has 1 atom stereocenters. The van der Waals surface area contributed by atoms with E-state index in [-0.39, 0.29) is 0 Å². The molecule has 3 heteroatoms. The zero-order valence-corrected chi connectivity index (χ0v) is 3.96. The highest BCUT2D eigenvalue weighted by atomic mass is 16.6. The molecule has 1 saturated heterocycles. The molecule has 0 spiro atoms. The van der Waals surface area contributed by atoms with Crippen LogP contribution in [0.1, 0.15) is 2.80 Å². The fourth-order valence-electron chi connectivity index (χ4n) is 0.370. The Morgan fingerprint density at radius 1 is 1.29 bits per heavy atom. The van der Waals surface area contributed by atoms with E-state index in [4.69, 9.17) is 17.8 Å². The Morgan fingerprint density at radius 2 is 2.00 bits per heavy atom. The van der Waals surface area contributed by atoms with Gasteiger partial charge in [-0.25, -0.2) is 0 Å². The molecular formula is C4H10O3. The highest BCUT2D eigenvalue weighted by molar-refractivity contribution is 4.37. The number of rotatable bonds is 0. The Hall–Kier alpha value is -0.120. The highest BCUT2D eigenvalue weighted by Gasteiger charge is 1.94. The molecule has 0 bridgehead atoms. The maximum atomic E-state index is 6.92. The molecule has 3 nitrogen and oxygen atoms in total. The average molecular weight is 108 g/mol. The summed E-state index contributed by atoms with van der Waals surface area (Å²) in [6.45, 7) is 1.22. The van der Waals surface area contributed by atoms with Gasteiger partial charge >= 0.3 is 0 Å². The van der Waals surface area contributed by atoms with Crippen LogP contribution >= 0.6 is 0 Å². The van der Waals surface area contributed by atoms with Crippen molar-refractivity contribution in [2.24, 2.45) is 0 Å². The summed E-state index contributed by atoms with van der Waals surface area (Å²) in [5.41, 5.74) is 6.25. The minimum Gasteiger partial charge on any atom is -0.412 e. The van der Waals surface area contributed by atoms with E-state index in [1.807, 2.05) is 0 Å². The molecule has 0 aromatic rings. The minimum absolute atomic E-state index is 0.431. The Kier molecular flexibility index (Phi) is 2.22. The first-order valence-corrected chi connectivity index (χ1v) is 2.01. The first kappa shape index (κ1) is 3.83. The lowest BCUT2D eigenvalue weighted by atomic mass is 10.6. The van der Waals surface area contributed by atoms with Crippen molar-refractivity contribution < 1.29 is 17.8 Å². The van der Waals surface area contributed by atoms with Crippen molar-refractivity contribution in [2.75, 3.05) is 26.4 Å². The quantitative estimate of drug-likeness (QED) is 0.408. The van der Waals surface area contributed by atoms with Crippen molar-refractivity contribution in [3.05, 3.63) is 0 Å². The Bertz CT molecular complexity index is 55.8. The van der Waals surface area contributed by atoms with Crippen molar-refractivity contribution in [3.8, 4) is 0 Å². The van der Waals surface area contributed by atoms with Gasteiger partial charge in [0.15, 0.2) is 0 Å². The van der Waals surface area contributed by atoms with Crippen molar-refractivity contribution in [2.45, 2.75) is 0 Å². The molecule has 0 aromatic heterocycles. The van der Waals surface area contributed by atoms with Gasteiger partial charge < -0.3 is 15.0 Å². The van der Waals surface area contributed by atoms with Gasteiger partial charge in [0.05, 0.1) is 27.8 Å². The van der Waals surface area contributed by atoms with Crippen LogP contribution in [0.3, 0.4) is 0 Å². The third-order valence-electron chi connectivity index (χ3n) is 0.649. The molecule has 0 radical (unpaired) electrons. The van der Waals surface area contributed by atoms with Crippen molar-refractivity contribution >= 4 is 0 Å². The standard InChI is InChI=1S/C4H8O2.H2O/c1-2-6-4-3-5-1;/h1-4H2;1H2/i1D;/hD. The van der Waals surface area contributed by atoms with E-state index in [9.17, 15) is 0 Å². The number of hydrogen-bond acceptors (Lipinski definition) is 2. The molecule has 1 fully saturated rings. The summed E-state index contributed by atoms with van der Waals surface area (Å²) in [7, 11) is 0. The van der Waals surface area contributed by atoms with Crippen LogP contribution in [-0.4, -0.2) is 31.9 Å². The number of hydrogen-bond donors (Lipinski definition) is 0. The van der Waals surface area contributed by atoms with Gasteiger partial charge in [-0.1, -0.05) is 0 Å².